The topological polar surface area (TPSA) is 21.3 Å². The minimum absolute atomic E-state index is 0.596. The second-order valence-corrected chi connectivity index (χ2v) is 5.38. The van der Waals surface area contributed by atoms with Gasteiger partial charge in [-0.25, -0.2) is 0 Å². The van der Waals surface area contributed by atoms with Gasteiger partial charge in [0.1, 0.15) is 5.75 Å². The minimum atomic E-state index is 0.596. The number of anilines is 1. The zero-order valence-corrected chi connectivity index (χ0v) is 11.9. The lowest BCUT2D eigenvalue weighted by Crippen LogP contribution is -2.33. The highest BCUT2D eigenvalue weighted by Crippen LogP contribution is 2.38. The Morgan fingerprint density at radius 3 is 2.35 bits per heavy atom. The van der Waals surface area contributed by atoms with Crippen LogP contribution in [0, 0.1) is 0 Å². The third-order valence-electron chi connectivity index (χ3n) is 3.95. The third-order valence-corrected chi connectivity index (χ3v) is 3.95. The molecule has 1 aliphatic rings. The first kappa shape index (κ1) is 13.0. The summed E-state index contributed by atoms with van der Waals surface area (Å²) in [5, 5.41) is 3.59. The van der Waals surface area contributed by atoms with Crippen LogP contribution in [0.15, 0.2) is 54.6 Å². The van der Waals surface area contributed by atoms with E-state index in [9.17, 15) is 0 Å². The van der Waals surface area contributed by atoms with Crippen LogP contribution in [0.3, 0.4) is 0 Å². The monoisotopic (exact) mass is 267 g/mol. The first-order valence-electron chi connectivity index (χ1n) is 7.39. The van der Waals surface area contributed by atoms with Crippen LogP contribution in [0.4, 0.5) is 5.69 Å². The predicted octanol–water partition coefficient (Wildman–Crippen LogP) is 4.44. The SMILES string of the molecule is CCOc1ccc(NC2CC(c3ccccc3)C2)cc1. The van der Waals surface area contributed by atoms with E-state index in [4.69, 9.17) is 4.74 Å². The van der Waals surface area contributed by atoms with E-state index in [0.717, 1.165) is 11.7 Å². The number of ether oxygens (including phenoxy) is 1. The summed E-state index contributed by atoms with van der Waals surface area (Å²) in [5.41, 5.74) is 2.65. The molecule has 1 N–H and O–H groups in total. The van der Waals surface area contributed by atoms with Crippen LogP contribution < -0.4 is 10.1 Å². The summed E-state index contributed by atoms with van der Waals surface area (Å²) >= 11 is 0. The lowest BCUT2D eigenvalue weighted by Gasteiger charge is -2.37. The molecule has 20 heavy (non-hydrogen) atoms. The molecule has 2 nitrogen and oxygen atoms in total. The fraction of sp³-hybridized carbons (Fsp3) is 0.333. The van der Waals surface area contributed by atoms with E-state index in [0.29, 0.717) is 12.6 Å². The van der Waals surface area contributed by atoms with Gasteiger partial charge in [0.15, 0.2) is 0 Å². The van der Waals surface area contributed by atoms with Gasteiger partial charge in [-0.05, 0) is 55.5 Å². The maximum atomic E-state index is 5.45. The van der Waals surface area contributed by atoms with Crippen molar-refractivity contribution in [1.29, 1.82) is 0 Å². The summed E-state index contributed by atoms with van der Waals surface area (Å²) in [6, 6.07) is 19.6. The zero-order chi connectivity index (χ0) is 13.8. The van der Waals surface area contributed by atoms with Gasteiger partial charge in [-0.1, -0.05) is 30.3 Å². The molecule has 1 saturated carbocycles. The van der Waals surface area contributed by atoms with Crippen LogP contribution >= 0.6 is 0 Å². The maximum Gasteiger partial charge on any atom is 0.119 e. The second-order valence-electron chi connectivity index (χ2n) is 5.38. The number of hydrogen-bond acceptors (Lipinski definition) is 2. The van der Waals surface area contributed by atoms with E-state index >= 15 is 0 Å². The Hall–Kier alpha value is -1.96. The van der Waals surface area contributed by atoms with E-state index < -0.39 is 0 Å². The van der Waals surface area contributed by atoms with Gasteiger partial charge < -0.3 is 10.1 Å². The molecule has 2 aromatic rings. The molecule has 2 aromatic carbocycles. The van der Waals surface area contributed by atoms with E-state index in [1.165, 1.54) is 24.1 Å². The normalized spacial score (nSPS) is 21.1. The van der Waals surface area contributed by atoms with Crippen molar-refractivity contribution in [2.24, 2.45) is 0 Å². The van der Waals surface area contributed by atoms with Crippen molar-refractivity contribution in [2.75, 3.05) is 11.9 Å². The van der Waals surface area contributed by atoms with E-state index in [2.05, 4.69) is 47.8 Å². The van der Waals surface area contributed by atoms with Crippen molar-refractivity contribution in [3.05, 3.63) is 60.2 Å². The quantitative estimate of drug-likeness (QED) is 0.864. The van der Waals surface area contributed by atoms with Crippen molar-refractivity contribution in [3.8, 4) is 5.75 Å². The average molecular weight is 267 g/mol. The van der Waals surface area contributed by atoms with Crippen LogP contribution in [-0.2, 0) is 0 Å². The number of rotatable bonds is 5. The molecule has 0 aromatic heterocycles. The van der Waals surface area contributed by atoms with Crippen LogP contribution in [0.1, 0.15) is 31.2 Å². The summed E-state index contributed by atoms with van der Waals surface area (Å²) < 4.78 is 5.45. The molecule has 0 atom stereocenters. The molecule has 1 fully saturated rings. The third kappa shape index (κ3) is 2.96. The molecule has 0 heterocycles. The summed E-state index contributed by atoms with van der Waals surface area (Å²) in [6.45, 7) is 2.72. The Labute approximate surface area is 120 Å². The second kappa shape index (κ2) is 6.00. The van der Waals surface area contributed by atoms with Crippen LogP contribution in [-0.4, -0.2) is 12.6 Å². The number of nitrogens with one attached hydrogen (secondary N) is 1. The van der Waals surface area contributed by atoms with Crippen LogP contribution in [0.25, 0.3) is 0 Å². The first-order valence-corrected chi connectivity index (χ1v) is 7.39. The first-order chi connectivity index (χ1) is 9.85. The minimum Gasteiger partial charge on any atom is -0.494 e. The fourth-order valence-corrected chi connectivity index (χ4v) is 2.78. The van der Waals surface area contributed by atoms with E-state index in [1.807, 2.05) is 19.1 Å². The van der Waals surface area contributed by atoms with Gasteiger partial charge in [0, 0.05) is 11.7 Å². The van der Waals surface area contributed by atoms with Gasteiger partial charge in [0.2, 0.25) is 0 Å². The molecule has 0 bridgehead atoms. The van der Waals surface area contributed by atoms with Gasteiger partial charge in [-0.3, -0.25) is 0 Å². The van der Waals surface area contributed by atoms with Gasteiger partial charge in [0.25, 0.3) is 0 Å². The molecular weight excluding hydrogens is 246 g/mol. The highest BCUT2D eigenvalue weighted by molar-refractivity contribution is 5.48. The standard InChI is InChI=1S/C18H21NO/c1-2-20-18-10-8-16(9-11-18)19-17-12-15(13-17)14-6-4-3-5-7-14/h3-11,15,17,19H,2,12-13H2,1H3. The number of hydrogen-bond donors (Lipinski definition) is 1. The Balaban J connectivity index is 1.51. The van der Waals surface area contributed by atoms with E-state index in [-0.39, 0.29) is 0 Å². The average Bonchev–Trinajstić information content (AvgIpc) is 2.45. The Morgan fingerprint density at radius 2 is 1.70 bits per heavy atom. The molecule has 0 aliphatic heterocycles. The fourth-order valence-electron chi connectivity index (χ4n) is 2.78. The van der Waals surface area contributed by atoms with Crippen molar-refractivity contribution in [1.82, 2.24) is 0 Å². The molecule has 2 heteroatoms. The molecule has 0 saturated heterocycles. The predicted molar refractivity (Wildman–Crippen MR) is 83.4 cm³/mol. The molecule has 0 radical (unpaired) electrons. The molecule has 0 amide bonds. The van der Waals surface area contributed by atoms with Crippen LogP contribution in [0.2, 0.25) is 0 Å². The summed E-state index contributed by atoms with van der Waals surface area (Å²) in [6.07, 6.45) is 2.44. The maximum absolute atomic E-state index is 5.45. The Kier molecular flexibility index (Phi) is 3.91. The lowest BCUT2D eigenvalue weighted by molar-refractivity contribution is 0.340. The molecule has 0 spiro atoms. The van der Waals surface area contributed by atoms with Crippen molar-refractivity contribution >= 4 is 5.69 Å². The van der Waals surface area contributed by atoms with Crippen molar-refractivity contribution < 1.29 is 4.74 Å². The Bertz CT molecular complexity index is 529. The van der Waals surface area contributed by atoms with Gasteiger partial charge in [-0.2, -0.15) is 0 Å². The van der Waals surface area contributed by atoms with Gasteiger partial charge >= 0.3 is 0 Å². The van der Waals surface area contributed by atoms with Crippen molar-refractivity contribution in [3.63, 3.8) is 0 Å². The largest absolute Gasteiger partial charge is 0.494 e. The van der Waals surface area contributed by atoms with Gasteiger partial charge in [0.05, 0.1) is 6.61 Å². The Morgan fingerprint density at radius 1 is 1.00 bits per heavy atom. The molecule has 3 rings (SSSR count). The summed E-state index contributed by atoms with van der Waals surface area (Å²) in [7, 11) is 0. The summed E-state index contributed by atoms with van der Waals surface area (Å²) in [4.78, 5) is 0. The molecule has 0 unspecified atom stereocenters. The highest BCUT2D eigenvalue weighted by Gasteiger charge is 2.29. The molecule has 104 valence electrons. The van der Waals surface area contributed by atoms with E-state index in [1.54, 1.807) is 0 Å². The van der Waals surface area contributed by atoms with Crippen molar-refractivity contribution in [2.45, 2.75) is 31.7 Å². The molecular formula is C18H21NO. The van der Waals surface area contributed by atoms with Crippen LogP contribution in [0.5, 0.6) is 5.75 Å². The highest BCUT2D eigenvalue weighted by atomic mass is 16.5. The summed E-state index contributed by atoms with van der Waals surface area (Å²) in [5.74, 6) is 1.66. The van der Waals surface area contributed by atoms with Gasteiger partial charge in [-0.15, -0.1) is 0 Å². The zero-order valence-electron chi connectivity index (χ0n) is 11.9. The number of benzene rings is 2. The smallest absolute Gasteiger partial charge is 0.119 e. The lowest BCUT2D eigenvalue weighted by atomic mass is 9.76. The molecule has 1 aliphatic carbocycles.